The van der Waals surface area contributed by atoms with Crippen molar-refractivity contribution < 1.29 is 9.53 Å². The summed E-state index contributed by atoms with van der Waals surface area (Å²) in [6, 6.07) is 6.16. The minimum atomic E-state index is 0. The molecule has 0 bridgehead atoms. The molecule has 0 radical (unpaired) electrons. The zero-order valence-electron chi connectivity index (χ0n) is 12.0. The van der Waals surface area contributed by atoms with Crippen LogP contribution in [0.4, 0.5) is 0 Å². The van der Waals surface area contributed by atoms with Crippen molar-refractivity contribution in [2.24, 2.45) is 5.92 Å². The maximum Gasteiger partial charge on any atom is 0.228 e. The fourth-order valence-electron chi connectivity index (χ4n) is 3.02. The Morgan fingerprint density at radius 1 is 1.43 bits per heavy atom. The van der Waals surface area contributed by atoms with Gasteiger partial charge in [0.1, 0.15) is 5.75 Å². The van der Waals surface area contributed by atoms with Crippen LogP contribution in [-0.4, -0.2) is 37.6 Å². The van der Waals surface area contributed by atoms with Gasteiger partial charge in [-0.1, -0.05) is 15.9 Å². The van der Waals surface area contributed by atoms with E-state index in [0.717, 1.165) is 48.3 Å². The second-order valence-corrected chi connectivity index (χ2v) is 6.35. The quantitative estimate of drug-likeness (QED) is 0.883. The third-order valence-corrected chi connectivity index (χ3v) is 4.71. The Labute approximate surface area is 139 Å². The van der Waals surface area contributed by atoms with Crippen molar-refractivity contribution >= 4 is 34.2 Å². The molecule has 0 aromatic heterocycles. The Hall–Kier alpha value is -0.780. The second-order valence-electron chi connectivity index (χ2n) is 5.43. The molecule has 1 aromatic carbocycles. The van der Waals surface area contributed by atoms with E-state index in [2.05, 4.69) is 27.3 Å². The molecule has 2 fully saturated rings. The van der Waals surface area contributed by atoms with Gasteiger partial charge < -0.3 is 15.0 Å². The van der Waals surface area contributed by atoms with Crippen LogP contribution < -0.4 is 10.1 Å². The van der Waals surface area contributed by atoms with Gasteiger partial charge >= 0.3 is 0 Å². The largest absolute Gasteiger partial charge is 0.496 e. The van der Waals surface area contributed by atoms with Gasteiger partial charge in [0.05, 0.1) is 19.1 Å². The number of methoxy groups -OCH3 is 1. The number of hydrogen-bond donors (Lipinski definition) is 1. The van der Waals surface area contributed by atoms with Crippen molar-refractivity contribution in [2.75, 3.05) is 26.7 Å². The summed E-state index contributed by atoms with van der Waals surface area (Å²) in [6.45, 7) is 2.49. The summed E-state index contributed by atoms with van der Waals surface area (Å²) in [5.41, 5.74) is 1.11. The van der Waals surface area contributed by atoms with Crippen molar-refractivity contribution in [3.05, 3.63) is 28.2 Å². The summed E-state index contributed by atoms with van der Waals surface area (Å²) in [4.78, 5) is 14.6. The predicted octanol–water partition coefficient (Wildman–Crippen LogP) is 2.76. The molecule has 116 valence electrons. The molecule has 0 saturated carbocycles. The van der Waals surface area contributed by atoms with Gasteiger partial charge in [0.2, 0.25) is 5.91 Å². The highest BCUT2D eigenvalue weighted by Crippen LogP contribution is 2.39. The molecule has 1 aromatic rings. The van der Waals surface area contributed by atoms with E-state index in [-0.39, 0.29) is 30.3 Å². The number of carbonyl (C=O) groups excluding carboxylic acids is 1. The molecule has 6 heteroatoms. The Morgan fingerprint density at radius 2 is 2.19 bits per heavy atom. The SMILES string of the molecule is COc1ccc(Br)cc1C1CCCN1C(=O)C1CNC1.Cl. The number of likely N-dealkylation sites (tertiary alicyclic amines) is 1. The van der Waals surface area contributed by atoms with Crippen molar-refractivity contribution in [3.8, 4) is 5.75 Å². The topological polar surface area (TPSA) is 41.6 Å². The number of ether oxygens (including phenoxy) is 1. The highest BCUT2D eigenvalue weighted by Gasteiger charge is 2.37. The molecule has 1 unspecified atom stereocenters. The Balaban J connectivity index is 0.00000161. The van der Waals surface area contributed by atoms with Crippen LogP contribution in [0, 0.1) is 5.92 Å². The summed E-state index contributed by atoms with van der Waals surface area (Å²) < 4.78 is 6.50. The third-order valence-electron chi connectivity index (χ3n) is 4.22. The maximum atomic E-state index is 12.5. The molecule has 0 aliphatic carbocycles. The molecule has 2 aliphatic heterocycles. The lowest BCUT2D eigenvalue weighted by atomic mass is 9.99. The Bertz CT molecular complexity index is 522. The molecule has 4 nitrogen and oxygen atoms in total. The van der Waals surface area contributed by atoms with Gasteiger partial charge in [-0.15, -0.1) is 12.4 Å². The van der Waals surface area contributed by atoms with Crippen LogP contribution in [0.25, 0.3) is 0 Å². The molecule has 2 aliphatic rings. The molecule has 1 atom stereocenters. The zero-order valence-corrected chi connectivity index (χ0v) is 14.4. The van der Waals surface area contributed by atoms with E-state index >= 15 is 0 Å². The number of rotatable bonds is 3. The monoisotopic (exact) mass is 374 g/mol. The molecule has 21 heavy (non-hydrogen) atoms. The first-order valence-corrected chi connectivity index (χ1v) is 7.84. The number of nitrogens with one attached hydrogen (secondary N) is 1. The van der Waals surface area contributed by atoms with E-state index in [1.54, 1.807) is 7.11 Å². The molecule has 1 N–H and O–H groups in total. The average molecular weight is 376 g/mol. The maximum absolute atomic E-state index is 12.5. The van der Waals surface area contributed by atoms with Gasteiger partial charge in [-0.3, -0.25) is 4.79 Å². The number of nitrogens with zero attached hydrogens (tertiary/aromatic N) is 1. The molecule has 0 spiro atoms. The van der Waals surface area contributed by atoms with Gasteiger partial charge in [0.25, 0.3) is 0 Å². The highest BCUT2D eigenvalue weighted by molar-refractivity contribution is 9.10. The van der Waals surface area contributed by atoms with E-state index < -0.39 is 0 Å². The summed E-state index contributed by atoms with van der Waals surface area (Å²) in [5, 5.41) is 3.17. The Morgan fingerprint density at radius 3 is 2.81 bits per heavy atom. The molecule has 1 amide bonds. The lowest BCUT2D eigenvalue weighted by Crippen LogP contribution is -2.51. The predicted molar refractivity (Wildman–Crippen MR) is 88.0 cm³/mol. The van der Waals surface area contributed by atoms with E-state index in [9.17, 15) is 4.79 Å². The molecular weight excluding hydrogens is 356 g/mol. The fraction of sp³-hybridized carbons (Fsp3) is 0.533. The van der Waals surface area contributed by atoms with E-state index in [1.807, 2.05) is 17.0 Å². The van der Waals surface area contributed by atoms with Crippen LogP contribution in [0.2, 0.25) is 0 Å². The minimum Gasteiger partial charge on any atom is -0.496 e. The summed E-state index contributed by atoms with van der Waals surface area (Å²) in [6.07, 6.45) is 2.07. The van der Waals surface area contributed by atoms with Crippen molar-refractivity contribution in [3.63, 3.8) is 0 Å². The fourth-order valence-corrected chi connectivity index (χ4v) is 3.40. The van der Waals surface area contributed by atoms with Gasteiger partial charge in [0, 0.05) is 29.7 Å². The third kappa shape index (κ3) is 3.20. The molecule has 3 rings (SSSR count). The van der Waals surface area contributed by atoms with Gasteiger partial charge in [-0.2, -0.15) is 0 Å². The highest BCUT2D eigenvalue weighted by atomic mass is 79.9. The number of amides is 1. The summed E-state index contributed by atoms with van der Waals surface area (Å²) >= 11 is 3.51. The zero-order chi connectivity index (χ0) is 14.1. The first kappa shape index (κ1) is 16.6. The summed E-state index contributed by atoms with van der Waals surface area (Å²) in [5.74, 6) is 1.31. The van der Waals surface area contributed by atoms with Crippen LogP contribution in [0.15, 0.2) is 22.7 Å². The summed E-state index contributed by atoms with van der Waals surface area (Å²) in [7, 11) is 1.68. The van der Waals surface area contributed by atoms with Crippen LogP contribution in [0.5, 0.6) is 5.75 Å². The standard InChI is InChI=1S/C15H19BrN2O2.ClH/c1-20-14-5-4-11(16)7-12(14)13-3-2-6-18(13)15(19)10-8-17-9-10;/h4-5,7,10,13,17H,2-3,6,8-9H2,1H3;1H. The van der Waals surface area contributed by atoms with E-state index in [4.69, 9.17) is 4.74 Å². The van der Waals surface area contributed by atoms with Gasteiger partial charge in [0.15, 0.2) is 0 Å². The van der Waals surface area contributed by atoms with Gasteiger partial charge in [-0.25, -0.2) is 0 Å². The van der Waals surface area contributed by atoms with Crippen LogP contribution in [0.3, 0.4) is 0 Å². The van der Waals surface area contributed by atoms with Crippen molar-refractivity contribution in [1.82, 2.24) is 10.2 Å². The average Bonchev–Trinajstić information content (AvgIpc) is 2.85. The first-order chi connectivity index (χ1) is 9.70. The number of hydrogen-bond acceptors (Lipinski definition) is 3. The van der Waals surface area contributed by atoms with Gasteiger partial charge in [-0.05, 0) is 31.0 Å². The smallest absolute Gasteiger partial charge is 0.228 e. The van der Waals surface area contributed by atoms with Crippen molar-refractivity contribution in [2.45, 2.75) is 18.9 Å². The minimum absolute atomic E-state index is 0. The number of carbonyl (C=O) groups is 1. The van der Waals surface area contributed by atoms with E-state index in [0.29, 0.717) is 0 Å². The Kier molecular flexibility index (Phi) is 5.52. The van der Waals surface area contributed by atoms with E-state index in [1.165, 1.54) is 0 Å². The molecule has 2 saturated heterocycles. The molecule has 2 heterocycles. The van der Waals surface area contributed by atoms with Crippen molar-refractivity contribution in [1.29, 1.82) is 0 Å². The second kappa shape index (κ2) is 6.99. The van der Waals surface area contributed by atoms with Crippen LogP contribution >= 0.6 is 28.3 Å². The van der Waals surface area contributed by atoms with Crippen LogP contribution in [0.1, 0.15) is 24.4 Å². The normalized spacial score (nSPS) is 21.6. The van der Waals surface area contributed by atoms with Crippen LogP contribution in [-0.2, 0) is 4.79 Å². The molecular formula is C15H20BrClN2O2. The first-order valence-electron chi connectivity index (χ1n) is 7.05. The number of benzene rings is 1. The lowest BCUT2D eigenvalue weighted by molar-refractivity contribution is -0.138. The lowest BCUT2D eigenvalue weighted by Gasteiger charge is -2.34. The number of halogens is 2.